The van der Waals surface area contributed by atoms with Gasteiger partial charge in [-0.1, -0.05) is 52.2 Å². The number of benzene rings is 1. The number of ether oxygens (including phenoxy) is 3. The van der Waals surface area contributed by atoms with Crippen LogP contribution >= 0.6 is 14.1 Å². The molecule has 0 bridgehead atoms. The molecule has 222 valence electrons. The van der Waals surface area contributed by atoms with Crippen molar-refractivity contribution in [1.29, 1.82) is 0 Å². The van der Waals surface area contributed by atoms with Gasteiger partial charge in [-0.15, -0.1) is 0 Å². The number of hydrogen-bond acceptors (Lipinski definition) is 5. The van der Waals surface area contributed by atoms with E-state index in [1.54, 1.807) is 6.82 Å². The zero-order valence-electron chi connectivity index (χ0n) is 25.4. The molecular formula is C32H53BO4P2S+2. The van der Waals surface area contributed by atoms with E-state index in [0.29, 0.717) is 6.61 Å². The molecule has 0 amide bonds. The van der Waals surface area contributed by atoms with Crippen LogP contribution < -0.4 is 0 Å². The SMILES string of the molecule is C=C1C[C@H](C[C@@H]2CCO[C@H](c3cccc(C[P+](CCCC)(CCCC)CCCC)c3)O2)O[C@@H](CCOB=[P+]=S)C1. The Morgan fingerprint density at radius 1 is 1.00 bits per heavy atom. The van der Waals surface area contributed by atoms with Gasteiger partial charge in [0.1, 0.15) is 0 Å². The summed E-state index contributed by atoms with van der Waals surface area (Å²) in [5.41, 5.74) is 3.92. The van der Waals surface area contributed by atoms with Gasteiger partial charge in [0.05, 0.1) is 24.6 Å². The first-order valence-electron chi connectivity index (χ1n) is 15.8. The fraction of sp³-hybridized carbons (Fsp3) is 0.750. The van der Waals surface area contributed by atoms with E-state index < -0.39 is 7.26 Å². The van der Waals surface area contributed by atoms with Gasteiger partial charge in [0.25, 0.3) is 0 Å². The molecule has 2 fully saturated rings. The normalized spacial score (nSPS) is 23.6. The van der Waals surface area contributed by atoms with Gasteiger partial charge in [-0.25, -0.2) is 0 Å². The van der Waals surface area contributed by atoms with E-state index in [4.69, 9.17) is 30.7 Å². The van der Waals surface area contributed by atoms with E-state index in [9.17, 15) is 0 Å². The summed E-state index contributed by atoms with van der Waals surface area (Å²) < 4.78 is 24.7. The fourth-order valence-corrected chi connectivity index (χ4v) is 11.6. The van der Waals surface area contributed by atoms with Crippen LogP contribution in [0.5, 0.6) is 0 Å². The van der Waals surface area contributed by atoms with Crippen molar-refractivity contribution in [3.63, 3.8) is 0 Å². The summed E-state index contributed by atoms with van der Waals surface area (Å²) in [4.78, 5) is 0. The van der Waals surface area contributed by atoms with Crippen LogP contribution in [-0.2, 0) is 36.8 Å². The molecule has 0 radical (unpaired) electrons. The second-order valence-electron chi connectivity index (χ2n) is 11.9. The molecule has 40 heavy (non-hydrogen) atoms. The molecule has 2 heterocycles. The third-order valence-corrected chi connectivity index (χ3v) is 13.7. The number of unbranched alkanes of at least 4 members (excludes halogenated alkanes) is 3. The van der Waals surface area contributed by atoms with E-state index in [0.717, 1.165) is 45.6 Å². The molecule has 4 atom stereocenters. The summed E-state index contributed by atoms with van der Waals surface area (Å²) in [5, 5.41) is 0. The summed E-state index contributed by atoms with van der Waals surface area (Å²) >= 11 is 4.89. The number of rotatable bonds is 18. The van der Waals surface area contributed by atoms with Gasteiger partial charge >= 0.3 is 144 Å². The molecule has 0 aromatic heterocycles. The summed E-state index contributed by atoms with van der Waals surface area (Å²) in [6.07, 6.45) is 18.2. The maximum atomic E-state index is 6.57. The molecule has 2 aliphatic heterocycles. The van der Waals surface area contributed by atoms with Crippen molar-refractivity contribution in [3.8, 4) is 0 Å². The first-order valence-corrected chi connectivity index (χ1v) is 20.3. The molecular weight excluding hydrogens is 553 g/mol. The zero-order valence-corrected chi connectivity index (χ0v) is 28.0. The van der Waals surface area contributed by atoms with Gasteiger partial charge in [-0.2, -0.15) is 0 Å². The molecule has 2 aliphatic rings. The van der Waals surface area contributed by atoms with Gasteiger partial charge in [-0.3, -0.25) is 0 Å². The third kappa shape index (κ3) is 11.9. The zero-order chi connectivity index (χ0) is 28.6. The van der Waals surface area contributed by atoms with Crippen molar-refractivity contribution in [3.05, 3.63) is 47.5 Å². The van der Waals surface area contributed by atoms with Gasteiger partial charge in [0, 0.05) is 7.26 Å². The Morgan fingerprint density at radius 2 is 1.70 bits per heavy atom. The Labute approximate surface area is 252 Å². The van der Waals surface area contributed by atoms with Gasteiger partial charge in [-0.05, 0) is 24.8 Å². The molecule has 2 saturated heterocycles. The molecule has 1 aromatic rings. The van der Waals surface area contributed by atoms with E-state index in [2.05, 4.69) is 51.6 Å². The molecule has 0 unspecified atom stereocenters. The summed E-state index contributed by atoms with van der Waals surface area (Å²) in [6.45, 7) is 15.1. The van der Waals surface area contributed by atoms with Crippen molar-refractivity contribution in [2.45, 2.75) is 122 Å². The van der Waals surface area contributed by atoms with E-state index >= 15 is 0 Å². The third-order valence-electron chi connectivity index (χ3n) is 8.34. The Kier molecular flexibility index (Phi) is 16.6. The molecule has 0 spiro atoms. The predicted molar refractivity (Wildman–Crippen MR) is 177 cm³/mol. The predicted octanol–water partition coefficient (Wildman–Crippen LogP) is 9.25. The minimum atomic E-state index is -1.01. The van der Waals surface area contributed by atoms with Crippen LogP contribution in [0.25, 0.3) is 0 Å². The molecule has 0 saturated carbocycles. The summed E-state index contributed by atoms with van der Waals surface area (Å²) in [5.74, 6) is 0. The maximum absolute atomic E-state index is 6.57. The van der Waals surface area contributed by atoms with Crippen LogP contribution in [-0.4, -0.2) is 56.8 Å². The molecule has 8 heteroatoms. The topological polar surface area (TPSA) is 36.9 Å². The monoisotopic (exact) mass is 606 g/mol. The van der Waals surface area contributed by atoms with Crippen LogP contribution in [0.3, 0.4) is 0 Å². The average Bonchev–Trinajstić information content (AvgIpc) is 2.96. The molecule has 4 nitrogen and oxygen atoms in total. The van der Waals surface area contributed by atoms with Crippen LogP contribution in [0.2, 0.25) is 0 Å². The van der Waals surface area contributed by atoms with Gasteiger partial charge in [0.2, 0.25) is 0 Å². The Hall–Kier alpha value is -0.0551. The molecule has 3 rings (SSSR count). The first kappa shape index (κ1) is 34.4. The van der Waals surface area contributed by atoms with Crippen LogP contribution in [0.4, 0.5) is 0 Å². The average molecular weight is 607 g/mol. The Morgan fingerprint density at radius 3 is 2.38 bits per heavy atom. The van der Waals surface area contributed by atoms with Crippen molar-refractivity contribution in [1.82, 2.24) is 0 Å². The quantitative estimate of drug-likeness (QED) is 0.0721. The summed E-state index contributed by atoms with van der Waals surface area (Å²) in [6, 6.07) is 9.15. The molecule has 0 N–H and O–H groups in total. The van der Waals surface area contributed by atoms with Crippen LogP contribution in [0, 0.1) is 0 Å². The second kappa shape index (κ2) is 19.3. The Bertz CT molecular complexity index is 919. The minimum absolute atomic E-state index is 0.132. The number of hydrogen-bond donors (Lipinski definition) is 0. The molecule has 0 aliphatic carbocycles. The van der Waals surface area contributed by atoms with Crippen molar-refractivity contribution >= 4 is 32.7 Å². The Balaban J connectivity index is 1.63. The summed E-state index contributed by atoms with van der Waals surface area (Å²) in [7, 11) is -1.01. The van der Waals surface area contributed by atoms with Crippen molar-refractivity contribution in [2.75, 3.05) is 31.7 Å². The van der Waals surface area contributed by atoms with E-state index in [1.807, 2.05) is 0 Å². The standard InChI is InChI=1S/C32H53BO4P2S/c1-5-8-18-39(19-9-6-2,20-10-7-3)25-27-12-11-13-28(23-27)32-34-16-14-30(37-32)24-31-22-26(4)21-29(36-31)15-17-35-33-38-40/h11-13,23,29-32H,4-10,14-22,24-25H2,1-3H3/q+2/t29-,30-,31+,32-/m0/s1. The van der Waals surface area contributed by atoms with E-state index in [1.165, 1.54) is 79.9 Å². The van der Waals surface area contributed by atoms with Gasteiger partial charge < -0.3 is 0 Å². The molecule has 1 aromatic carbocycles. The van der Waals surface area contributed by atoms with Crippen molar-refractivity contribution < 1.29 is 18.9 Å². The van der Waals surface area contributed by atoms with E-state index in [-0.39, 0.29) is 24.6 Å². The fourth-order valence-electron chi connectivity index (χ4n) is 6.20. The van der Waals surface area contributed by atoms with Gasteiger partial charge in [0.15, 0.2) is 0 Å². The van der Waals surface area contributed by atoms with Crippen LogP contribution in [0.15, 0.2) is 36.4 Å². The van der Waals surface area contributed by atoms with Crippen molar-refractivity contribution in [2.24, 2.45) is 0 Å². The second-order valence-corrected chi connectivity index (χ2v) is 17.3. The van der Waals surface area contributed by atoms with Crippen LogP contribution in [0.1, 0.15) is 109 Å². The first-order chi connectivity index (χ1) is 19.5.